The summed E-state index contributed by atoms with van der Waals surface area (Å²) in [6, 6.07) is 71.0. The smallest absolute Gasteiger partial charge is 0.102 e. The van der Waals surface area contributed by atoms with Gasteiger partial charge in [-0.05, 0) is 39.9 Å². The van der Waals surface area contributed by atoms with Crippen LogP contribution >= 0.6 is 22.7 Å². The zero-order valence-electron chi connectivity index (χ0n) is 32.6. The minimum Gasteiger partial charge on any atom is -0.304 e. The fourth-order valence-electron chi connectivity index (χ4n) is 9.56. The van der Waals surface area contributed by atoms with Crippen molar-refractivity contribution in [3.05, 3.63) is 199 Å². The van der Waals surface area contributed by atoms with E-state index in [4.69, 9.17) is 0 Å². The molecule has 12 rings (SSSR count). The summed E-state index contributed by atoms with van der Waals surface area (Å²) in [4.78, 5) is 0. The van der Waals surface area contributed by atoms with E-state index in [0.717, 1.165) is 75.8 Å². The average Bonchev–Trinajstić information content (AvgIpc) is 4.01. The van der Waals surface area contributed by atoms with Crippen molar-refractivity contribution in [1.82, 2.24) is 4.57 Å². The first-order chi connectivity index (χ1) is 30.2. The quantitative estimate of drug-likeness (QED) is 0.174. The standard InChI is InChI=1S/C56H31N3S2/c57-32-45-49(35-18-6-2-7-19-35)46(33-58)52(50(36-20-8-3-9-21-36)51(45)40-25-11-10-22-37(40)34-16-4-1-5-17-34)59-53-41(28-30-43-38-23-12-14-26-47(38)60-55(43)53)42-29-31-44-39-24-13-15-27-48(39)61-56(44)54(42)59/h1-31H. The van der Waals surface area contributed by atoms with Gasteiger partial charge in [-0.2, -0.15) is 10.5 Å². The molecule has 0 radical (unpaired) electrons. The van der Waals surface area contributed by atoms with Gasteiger partial charge >= 0.3 is 0 Å². The highest BCUT2D eigenvalue weighted by Crippen LogP contribution is 2.53. The summed E-state index contributed by atoms with van der Waals surface area (Å²) in [5.74, 6) is 0. The van der Waals surface area contributed by atoms with Gasteiger partial charge in [-0.3, -0.25) is 0 Å². The molecule has 0 saturated carbocycles. The van der Waals surface area contributed by atoms with Gasteiger partial charge in [0, 0.05) is 58.4 Å². The summed E-state index contributed by atoms with van der Waals surface area (Å²) < 4.78 is 7.15. The molecule has 0 aliphatic rings. The minimum absolute atomic E-state index is 0.456. The summed E-state index contributed by atoms with van der Waals surface area (Å²) in [7, 11) is 0. The van der Waals surface area contributed by atoms with Crippen LogP contribution in [0.3, 0.4) is 0 Å². The van der Waals surface area contributed by atoms with E-state index in [1.54, 1.807) is 22.7 Å². The molecule has 61 heavy (non-hydrogen) atoms. The predicted octanol–water partition coefficient (Wildman–Crippen LogP) is 15.9. The number of benzene rings is 9. The van der Waals surface area contributed by atoms with Crippen LogP contribution in [0, 0.1) is 22.7 Å². The van der Waals surface area contributed by atoms with E-state index < -0.39 is 0 Å². The van der Waals surface area contributed by atoms with Crippen LogP contribution in [0.5, 0.6) is 0 Å². The van der Waals surface area contributed by atoms with Crippen LogP contribution in [0.25, 0.3) is 112 Å². The van der Waals surface area contributed by atoms with Crippen LogP contribution in [0.4, 0.5) is 0 Å². The zero-order valence-corrected chi connectivity index (χ0v) is 34.2. The molecule has 0 amide bonds. The van der Waals surface area contributed by atoms with Gasteiger partial charge in [-0.15, -0.1) is 22.7 Å². The van der Waals surface area contributed by atoms with E-state index in [0.29, 0.717) is 16.7 Å². The molecule has 12 aromatic rings. The lowest BCUT2D eigenvalue weighted by Crippen LogP contribution is -2.08. The van der Waals surface area contributed by atoms with Gasteiger partial charge in [0.05, 0.1) is 37.2 Å². The molecule has 9 aromatic carbocycles. The van der Waals surface area contributed by atoms with Crippen LogP contribution in [-0.2, 0) is 0 Å². The molecule has 282 valence electrons. The molecule has 0 bridgehead atoms. The van der Waals surface area contributed by atoms with Gasteiger partial charge in [0.15, 0.2) is 0 Å². The summed E-state index contributed by atoms with van der Waals surface area (Å²) in [6.45, 7) is 0. The number of nitrogens with zero attached hydrogens (tertiary/aromatic N) is 3. The predicted molar refractivity (Wildman–Crippen MR) is 258 cm³/mol. The lowest BCUT2D eigenvalue weighted by molar-refractivity contribution is 1.18. The Morgan fingerprint density at radius 3 is 1.30 bits per heavy atom. The first kappa shape index (κ1) is 35.2. The van der Waals surface area contributed by atoms with Crippen molar-refractivity contribution in [2.24, 2.45) is 0 Å². The van der Waals surface area contributed by atoms with Crippen molar-refractivity contribution in [1.29, 1.82) is 10.5 Å². The number of aromatic nitrogens is 1. The third-order valence-electron chi connectivity index (χ3n) is 12.1. The number of hydrogen-bond donors (Lipinski definition) is 0. The molecule has 0 aliphatic carbocycles. The highest BCUT2D eigenvalue weighted by molar-refractivity contribution is 7.27. The molecule has 0 fully saturated rings. The Labute approximate surface area is 359 Å². The molecular formula is C56H31N3S2. The normalized spacial score (nSPS) is 11.6. The second kappa shape index (κ2) is 13.9. The third-order valence-corrected chi connectivity index (χ3v) is 14.5. The van der Waals surface area contributed by atoms with E-state index in [1.807, 2.05) is 42.5 Å². The van der Waals surface area contributed by atoms with Crippen LogP contribution in [0.1, 0.15) is 11.1 Å². The Morgan fingerprint density at radius 2 is 0.770 bits per heavy atom. The maximum Gasteiger partial charge on any atom is 0.102 e. The molecule has 0 saturated heterocycles. The van der Waals surface area contributed by atoms with Crippen molar-refractivity contribution in [2.75, 3.05) is 0 Å². The van der Waals surface area contributed by atoms with Crippen molar-refractivity contribution >= 4 is 84.8 Å². The molecule has 5 heteroatoms. The number of nitriles is 2. The SMILES string of the molecule is N#Cc1c(-c2ccccc2)c(C#N)c(-n2c3c(ccc4c5ccccc5sc43)c3ccc4c5ccccc5sc4c32)c(-c2ccccc2)c1-c1ccccc1-c1ccccc1. The summed E-state index contributed by atoms with van der Waals surface area (Å²) in [6.07, 6.45) is 0. The molecule has 0 spiro atoms. The maximum atomic E-state index is 11.9. The fourth-order valence-corrected chi connectivity index (χ4v) is 12.0. The largest absolute Gasteiger partial charge is 0.304 e. The molecular weight excluding hydrogens is 779 g/mol. The van der Waals surface area contributed by atoms with Gasteiger partial charge in [0.1, 0.15) is 12.1 Å². The lowest BCUT2D eigenvalue weighted by Gasteiger charge is -2.25. The fraction of sp³-hybridized carbons (Fsp3) is 0. The van der Waals surface area contributed by atoms with E-state index >= 15 is 0 Å². The monoisotopic (exact) mass is 809 g/mol. The molecule has 3 nitrogen and oxygen atoms in total. The zero-order chi connectivity index (χ0) is 40.6. The van der Waals surface area contributed by atoms with E-state index in [-0.39, 0.29) is 0 Å². The molecule has 0 unspecified atom stereocenters. The second-order valence-corrected chi connectivity index (χ2v) is 17.4. The minimum atomic E-state index is 0.456. The van der Waals surface area contributed by atoms with E-state index in [9.17, 15) is 10.5 Å². The van der Waals surface area contributed by atoms with Gasteiger partial charge in [-0.1, -0.05) is 176 Å². The first-order valence-corrected chi connectivity index (χ1v) is 21.9. The highest BCUT2D eigenvalue weighted by Gasteiger charge is 2.32. The molecule has 3 aromatic heterocycles. The van der Waals surface area contributed by atoms with E-state index in [2.05, 4.69) is 162 Å². The number of fused-ring (bicyclic) bond motifs is 11. The Hall–Kier alpha value is -7.80. The number of rotatable bonds is 5. The van der Waals surface area contributed by atoms with Gasteiger partial charge in [0.2, 0.25) is 0 Å². The van der Waals surface area contributed by atoms with Crippen molar-refractivity contribution in [2.45, 2.75) is 0 Å². The molecule has 0 atom stereocenters. The topological polar surface area (TPSA) is 52.5 Å². The van der Waals surface area contributed by atoms with Crippen LogP contribution < -0.4 is 0 Å². The summed E-state index contributed by atoms with van der Waals surface area (Å²) in [5.41, 5.74) is 10.8. The summed E-state index contributed by atoms with van der Waals surface area (Å²) >= 11 is 3.59. The van der Waals surface area contributed by atoms with Crippen molar-refractivity contribution < 1.29 is 0 Å². The Morgan fingerprint density at radius 1 is 0.344 bits per heavy atom. The first-order valence-electron chi connectivity index (χ1n) is 20.2. The Kier molecular flexibility index (Phi) is 8.02. The van der Waals surface area contributed by atoms with Crippen molar-refractivity contribution in [3.63, 3.8) is 0 Å². The molecule has 0 N–H and O–H groups in total. The molecule has 0 aliphatic heterocycles. The van der Waals surface area contributed by atoms with Crippen molar-refractivity contribution in [3.8, 4) is 62.3 Å². The average molecular weight is 810 g/mol. The second-order valence-electron chi connectivity index (χ2n) is 15.3. The Balaban J connectivity index is 1.40. The van der Waals surface area contributed by atoms with Gasteiger partial charge in [0.25, 0.3) is 0 Å². The van der Waals surface area contributed by atoms with Crippen LogP contribution in [0.15, 0.2) is 188 Å². The van der Waals surface area contributed by atoms with E-state index in [1.165, 1.54) is 30.9 Å². The highest BCUT2D eigenvalue weighted by atomic mass is 32.1. The van der Waals surface area contributed by atoms with Crippen LogP contribution in [-0.4, -0.2) is 4.57 Å². The third kappa shape index (κ3) is 5.19. The van der Waals surface area contributed by atoms with Crippen LogP contribution in [0.2, 0.25) is 0 Å². The van der Waals surface area contributed by atoms with Gasteiger partial charge < -0.3 is 4.57 Å². The summed E-state index contributed by atoms with van der Waals surface area (Å²) in [5, 5.41) is 30.5. The molecule has 3 heterocycles. The van der Waals surface area contributed by atoms with Gasteiger partial charge in [-0.25, -0.2) is 0 Å². The maximum absolute atomic E-state index is 11.9. The number of hydrogen-bond acceptors (Lipinski definition) is 4. The lowest BCUT2D eigenvalue weighted by atomic mass is 9.80. The number of thiophene rings is 2. The Bertz CT molecular complexity index is 3700.